The third-order valence-corrected chi connectivity index (χ3v) is 9.04. The number of amides is 2. The molecule has 0 radical (unpaired) electrons. The first-order chi connectivity index (χ1) is 21.7. The Kier molecular flexibility index (Phi) is 11.5. The fourth-order valence-electron chi connectivity index (χ4n) is 6.13. The highest BCUT2D eigenvalue weighted by molar-refractivity contribution is 6.35. The molecule has 0 saturated carbocycles. The summed E-state index contributed by atoms with van der Waals surface area (Å²) in [6.45, 7) is 7.41. The second kappa shape index (κ2) is 15.7. The van der Waals surface area contributed by atoms with E-state index in [9.17, 15) is 9.59 Å². The second-order valence-electron chi connectivity index (χ2n) is 11.9. The summed E-state index contributed by atoms with van der Waals surface area (Å²) in [6.07, 6.45) is 2.10. The van der Waals surface area contributed by atoms with Crippen molar-refractivity contribution in [1.82, 2.24) is 20.4 Å². The van der Waals surface area contributed by atoms with Gasteiger partial charge in [0.15, 0.2) is 0 Å². The smallest absolute Gasteiger partial charge is 0.317 e. The lowest BCUT2D eigenvalue weighted by atomic mass is 9.95. The van der Waals surface area contributed by atoms with Gasteiger partial charge in [-0.3, -0.25) is 14.6 Å². The lowest BCUT2D eigenvalue weighted by molar-refractivity contribution is -0.138. The number of carbonyl (C=O) groups excluding carboxylic acids is 1. The lowest BCUT2D eigenvalue weighted by Crippen LogP contribution is -2.47. The summed E-state index contributed by atoms with van der Waals surface area (Å²) in [5.74, 6) is -0.285. The molecule has 2 heterocycles. The molecule has 9 nitrogen and oxygen atoms in total. The highest BCUT2D eigenvalue weighted by Crippen LogP contribution is 2.30. The monoisotopic (exact) mass is 652 g/mol. The number of hydrogen-bond donors (Lipinski definition) is 4. The number of carboxylic acid groups (broad SMARTS) is 1. The van der Waals surface area contributed by atoms with E-state index in [2.05, 4.69) is 68.2 Å². The fourth-order valence-corrected chi connectivity index (χ4v) is 6.65. The SMILES string of the molecule is CNC(=O)NCC1CCN(Cc2cc(CNc3ccc(N4CCN(CC(=O)O)CC4)cc3)cc(-c3cc(Cl)cc(Cl)c3)c2)CC1. The van der Waals surface area contributed by atoms with Crippen LogP contribution in [0.1, 0.15) is 24.0 Å². The molecular weight excluding hydrogens is 611 g/mol. The van der Waals surface area contributed by atoms with Gasteiger partial charge in [-0.15, -0.1) is 0 Å². The summed E-state index contributed by atoms with van der Waals surface area (Å²) < 4.78 is 0. The number of hydrogen-bond acceptors (Lipinski definition) is 6. The zero-order valence-corrected chi connectivity index (χ0v) is 27.2. The van der Waals surface area contributed by atoms with Crippen LogP contribution in [0.3, 0.4) is 0 Å². The second-order valence-corrected chi connectivity index (χ2v) is 12.8. The summed E-state index contributed by atoms with van der Waals surface area (Å²) in [7, 11) is 1.64. The van der Waals surface area contributed by atoms with Crippen molar-refractivity contribution < 1.29 is 14.7 Å². The zero-order chi connectivity index (χ0) is 31.8. The molecule has 0 aromatic heterocycles. The number of urea groups is 1. The lowest BCUT2D eigenvalue weighted by Gasteiger charge is -2.35. The van der Waals surface area contributed by atoms with Crippen LogP contribution < -0.4 is 20.9 Å². The first-order valence-electron chi connectivity index (χ1n) is 15.5. The molecule has 11 heteroatoms. The van der Waals surface area contributed by atoms with E-state index >= 15 is 0 Å². The van der Waals surface area contributed by atoms with E-state index in [4.69, 9.17) is 28.3 Å². The molecule has 3 aromatic carbocycles. The minimum atomic E-state index is -0.777. The maximum atomic E-state index is 11.6. The summed E-state index contributed by atoms with van der Waals surface area (Å²) in [5, 5.41) is 19.4. The number of carbonyl (C=O) groups is 2. The van der Waals surface area contributed by atoms with Gasteiger partial charge in [0.2, 0.25) is 0 Å². The Labute approximate surface area is 275 Å². The van der Waals surface area contributed by atoms with Crippen molar-refractivity contribution in [3.8, 4) is 11.1 Å². The van der Waals surface area contributed by atoms with Gasteiger partial charge in [0.05, 0.1) is 6.54 Å². The Hall–Kier alpha value is -3.50. The molecule has 240 valence electrons. The van der Waals surface area contributed by atoms with Crippen molar-refractivity contribution in [2.45, 2.75) is 25.9 Å². The van der Waals surface area contributed by atoms with Crippen LogP contribution in [0.2, 0.25) is 10.0 Å². The van der Waals surface area contributed by atoms with Gasteiger partial charge in [-0.25, -0.2) is 4.79 Å². The topological polar surface area (TPSA) is 100 Å². The Bertz CT molecular complexity index is 1430. The van der Waals surface area contributed by atoms with Crippen molar-refractivity contribution >= 4 is 46.6 Å². The van der Waals surface area contributed by atoms with Gasteiger partial charge in [0.1, 0.15) is 0 Å². The van der Waals surface area contributed by atoms with Gasteiger partial charge in [-0.2, -0.15) is 0 Å². The van der Waals surface area contributed by atoms with E-state index in [1.807, 2.05) is 17.0 Å². The van der Waals surface area contributed by atoms with Crippen LogP contribution >= 0.6 is 23.2 Å². The van der Waals surface area contributed by atoms with Crippen molar-refractivity contribution in [3.63, 3.8) is 0 Å². The number of benzene rings is 3. The molecule has 0 bridgehead atoms. The number of nitrogens with one attached hydrogen (secondary N) is 3. The quantitative estimate of drug-likeness (QED) is 0.213. The van der Waals surface area contributed by atoms with E-state index in [0.717, 1.165) is 81.2 Å². The molecule has 3 aromatic rings. The molecule has 2 aliphatic heterocycles. The van der Waals surface area contributed by atoms with Crippen LogP contribution in [0, 0.1) is 5.92 Å². The average Bonchev–Trinajstić information content (AvgIpc) is 3.03. The number of halogens is 2. The third kappa shape index (κ3) is 9.74. The van der Waals surface area contributed by atoms with Crippen LogP contribution in [0.5, 0.6) is 0 Å². The van der Waals surface area contributed by atoms with Crippen molar-refractivity contribution in [2.24, 2.45) is 5.92 Å². The summed E-state index contributed by atoms with van der Waals surface area (Å²) in [6, 6.07) is 20.7. The Morgan fingerprint density at radius 3 is 2.11 bits per heavy atom. The summed E-state index contributed by atoms with van der Waals surface area (Å²) in [4.78, 5) is 29.3. The molecule has 2 saturated heterocycles. The van der Waals surface area contributed by atoms with Crippen LogP contribution in [-0.4, -0.2) is 86.3 Å². The minimum absolute atomic E-state index is 0.0978. The van der Waals surface area contributed by atoms with Gasteiger partial charge in [-0.05, 0) is 109 Å². The molecule has 2 aliphatic rings. The van der Waals surface area contributed by atoms with Gasteiger partial charge in [0, 0.05) is 74.3 Å². The molecule has 4 N–H and O–H groups in total. The molecule has 2 amide bonds. The summed E-state index contributed by atoms with van der Waals surface area (Å²) >= 11 is 12.8. The Morgan fingerprint density at radius 1 is 0.822 bits per heavy atom. The average molecular weight is 654 g/mol. The number of likely N-dealkylation sites (tertiary alicyclic amines) is 1. The number of rotatable bonds is 11. The number of piperazine rings is 1. The number of carboxylic acids is 1. The van der Waals surface area contributed by atoms with Crippen molar-refractivity contribution in [2.75, 3.05) is 69.6 Å². The largest absolute Gasteiger partial charge is 0.480 e. The van der Waals surface area contributed by atoms with Gasteiger partial charge in [0.25, 0.3) is 0 Å². The number of piperidine rings is 1. The van der Waals surface area contributed by atoms with Gasteiger partial charge >= 0.3 is 12.0 Å². The molecule has 0 aliphatic carbocycles. The first kappa shape index (κ1) is 32.9. The molecule has 0 atom stereocenters. The first-order valence-corrected chi connectivity index (χ1v) is 16.3. The summed E-state index contributed by atoms with van der Waals surface area (Å²) in [5.41, 5.74) is 6.65. The predicted octanol–water partition coefficient (Wildman–Crippen LogP) is 5.62. The number of aliphatic carboxylic acids is 1. The molecule has 45 heavy (non-hydrogen) atoms. The van der Waals surface area contributed by atoms with Gasteiger partial charge in [-0.1, -0.05) is 29.3 Å². The molecule has 2 fully saturated rings. The number of anilines is 2. The normalized spacial score (nSPS) is 16.4. The Balaban J connectivity index is 1.23. The van der Waals surface area contributed by atoms with Crippen LogP contribution in [0.15, 0.2) is 60.7 Å². The van der Waals surface area contributed by atoms with E-state index in [1.54, 1.807) is 13.1 Å². The van der Waals surface area contributed by atoms with E-state index < -0.39 is 5.97 Å². The van der Waals surface area contributed by atoms with Gasteiger partial charge < -0.3 is 26.0 Å². The molecule has 5 rings (SSSR count). The maximum Gasteiger partial charge on any atom is 0.317 e. The zero-order valence-electron chi connectivity index (χ0n) is 25.7. The fraction of sp³-hybridized carbons (Fsp3) is 0.412. The van der Waals surface area contributed by atoms with Crippen LogP contribution in [0.25, 0.3) is 11.1 Å². The van der Waals surface area contributed by atoms with E-state index in [-0.39, 0.29) is 12.6 Å². The van der Waals surface area contributed by atoms with Crippen molar-refractivity contribution in [3.05, 3.63) is 81.8 Å². The van der Waals surface area contributed by atoms with Crippen molar-refractivity contribution in [1.29, 1.82) is 0 Å². The van der Waals surface area contributed by atoms with Crippen LogP contribution in [-0.2, 0) is 17.9 Å². The molecular formula is C34H42Cl2N6O3. The highest BCUT2D eigenvalue weighted by atomic mass is 35.5. The molecule has 0 spiro atoms. The Morgan fingerprint density at radius 2 is 1.47 bits per heavy atom. The third-order valence-electron chi connectivity index (χ3n) is 8.60. The van der Waals surface area contributed by atoms with Crippen LogP contribution in [0.4, 0.5) is 16.2 Å². The van der Waals surface area contributed by atoms with E-state index in [1.165, 1.54) is 11.1 Å². The predicted molar refractivity (Wildman–Crippen MR) is 182 cm³/mol. The highest BCUT2D eigenvalue weighted by Gasteiger charge is 2.21. The maximum absolute atomic E-state index is 11.6. The standard InChI is InChI=1S/C34H42Cl2N6O3/c1-37-34(45)39-20-24-6-8-40(9-7-24)22-26-14-25(15-27(16-26)28-17-29(35)19-30(36)18-28)21-38-31-2-4-32(5-3-31)42-12-10-41(11-13-42)23-33(43)44/h2-5,14-19,24,38H,6-13,20-23H2,1H3,(H,43,44)(H2,37,39,45). The van der Waals surface area contributed by atoms with E-state index in [0.29, 0.717) is 29.1 Å². The number of nitrogens with zero attached hydrogens (tertiary/aromatic N) is 3. The minimum Gasteiger partial charge on any atom is -0.480 e. The molecule has 0 unspecified atom stereocenters.